The third-order valence-electron chi connectivity index (χ3n) is 3.71. The Morgan fingerprint density at radius 2 is 2.38 bits per heavy atom. The van der Waals surface area contributed by atoms with Gasteiger partial charge in [-0.05, 0) is 30.4 Å². The zero-order valence-corrected chi connectivity index (χ0v) is 12.3. The summed E-state index contributed by atoms with van der Waals surface area (Å²) in [6.07, 6.45) is 3.89. The van der Waals surface area contributed by atoms with E-state index in [1.807, 2.05) is 18.4 Å². The molecule has 0 fully saturated rings. The molecule has 6 nitrogen and oxygen atoms in total. The largest absolute Gasteiger partial charge is 0.479 e. The quantitative estimate of drug-likeness (QED) is 0.930. The lowest BCUT2D eigenvalue weighted by Gasteiger charge is -2.33. The standard InChI is InChI=1S/C14H15N3O3S/c1-2-16-7-5-15-12(13(16)18)17-6-3-10-9(4-8-21-10)11(17)14(19)20/h4-5,7-8,11H,2-3,6H2,1H3,(H,19,20). The number of hydrogen-bond donors (Lipinski definition) is 1. The van der Waals surface area contributed by atoms with Crippen molar-refractivity contribution in [1.29, 1.82) is 0 Å². The molecule has 0 amide bonds. The van der Waals surface area contributed by atoms with Crippen molar-refractivity contribution >= 4 is 23.1 Å². The molecular formula is C14H15N3O3S. The predicted octanol–water partition coefficient (Wildman–Crippen LogP) is 1.51. The monoisotopic (exact) mass is 305 g/mol. The van der Waals surface area contributed by atoms with Crippen LogP contribution in [0.2, 0.25) is 0 Å². The number of aromatic nitrogens is 2. The maximum Gasteiger partial charge on any atom is 0.331 e. The summed E-state index contributed by atoms with van der Waals surface area (Å²) in [5, 5.41) is 11.5. The SMILES string of the molecule is CCn1ccnc(N2CCc3sccc3C2C(=O)O)c1=O. The first-order valence-electron chi connectivity index (χ1n) is 6.74. The van der Waals surface area contributed by atoms with Gasteiger partial charge in [0.15, 0.2) is 11.9 Å². The lowest BCUT2D eigenvalue weighted by molar-refractivity contribution is -0.138. The molecule has 2 aromatic heterocycles. The second kappa shape index (κ2) is 5.33. The van der Waals surface area contributed by atoms with Gasteiger partial charge in [-0.2, -0.15) is 0 Å². The molecule has 1 aliphatic rings. The predicted molar refractivity (Wildman–Crippen MR) is 79.9 cm³/mol. The molecule has 0 saturated carbocycles. The molecule has 21 heavy (non-hydrogen) atoms. The number of carboxylic acids is 1. The van der Waals surface area contributed by atoms with E-state index in [4.69, 9.17) is 0 Å². The molecule has 2 aromatic rings. The van der Waals surface area contributed by atoms with Gasteiger partial charge in [-0.3, -0.25) is 4.79 Å². The van der Waals surface area contributed by atoms with Gasteiger partial charge >= 0.3 is 5.97 Å². The van der Waals surface area contributed by atoms with Crippen molar-refractivity contribution in [3.05, 3.63) is 44.6 Å². The molecular weight excluding hydrogens is 290 g/mol. The lowest BCUT2D eigenvalue weighted by atomic mass is 10.00. The number of carbonyl (C=O) groups is 1. The van der Waals surface area contributed by atoms with Crippen molar-refractivity contribution in [2.75, 3.05) is 11.4 Å². The summed E-state index contributed by atoms with van der Waals surface area (Å²) in [6, 6.07) is 0.986. The van der Waals surface area contributed by atoms with Gasteiger partial charge in [-0.25, -0.2) is 9.78 Å². The molecule has 0 saturated heterocycles. The van der Waals surface area contributed by atoms with Gasteiger partial charge in [0.1, 0.15) is 0 Å². The number of nitrogens with zero attached hydrogens (tertiary/aromatic N) is 3. The molecule has 0 radical (unpaired) electrons. The normalized spacial score (nSPS) is 17.6. The maximum atomic E-state index is 12.4. The van der Waals surface area contributed by atoms with Crippen molar-refractivity contribution < 1.29 is 9.90 Å². The summed E-state index contributed by atoms with van der Waals surface area (Å²) < 4.78 is 1.53. The van der Waals surface area contributed by atoms with Crippen LogP contribution in [0.1, 0.15) is 23.4 Å². The Hall–Kier alpha value is -2.15. The van der Waals surface area contributed by atoms with Crippen LogP contribution in [0.4, 0.5) is 5.82 Å². The van der Waals surface area contributed by atoms with Gasteiger partial charge in [0.25, 0.3) is 5.56 Å². The Bertz CT molecular complexity index is 737. The van der Waals surface area contributed by atoms with E-state index in [0.29, 0.717) is 13.1 Å². The summed E-state index contributed by atoms with van der Waals surface area (Å²) in [7, 11) is 0. The smallest absolute Gasteiger partial charge is 0.331 e. The van der Waals surface area contributed by atoms with E-state index in [1.165, 1.54) is 4.57 Å². The first-order valence-corrected chi connectivity index (χ1v) is 7.62. The minimum atomic E-state index is -0.956. The second-order valence-corrected chi connectivity index (χ2v) is 5.83. The number of aryl methyl sites for hydroxylation is 1. The molecule has 110 valence electrons. The zero-order chi connectivity index (χ0) is 15.0. The number of rotatable bonds is 3. The highest BCUT2D eigenvalue weighted by Gasteiger charge is 2.35. The Kier molecular flexibility index (Phi) is 3.50. The van der Waals surface area contributed by atoms with Gasteiger partial charge in [0, 0.05) is 30.4 Å². The van der Waals surface area contributed by atoms with E-state index in [2.05, 4.69) is 4.98 Å². The lowest BCUT2D eigenvalue weighted by Crippen LogP contribution is -2.43. The fourth-order valence-electron chi connectivity index (χ4n) is 2.69. The van der Waals surface area contributed by atoms with Crippen molar-refractivity contribution in [2.24, 2.45) is 0 Å². The summed E-state index contributed by atoms with van der Waals surface area (Å²) in [6.45, 7) is 2.89. The first-order chi connectivity index (χ1) is 10.1. The Labute approximate surface area is 125 Å². The van der Waals surface area contributed by atoms with Crippen molar-refractivity contribution in [3.8, 4) is 0 Å². The van der Waals surface area contributed by atoms with E-state index in [0.717, 1.165) is 16.9 Å². The van der Waals surface area contributed by atoms with Crippen LogP contribution in [0.5, 0.6) is 0 Å². The molecule has 1 unspecified atom stereocenters. The fraction of sp³-hybridized carbons (Fsp3) is 0.357. The number of anilines is 1. The molecule has 3 rings (SSSR count). The summed E-state index contributed by atoms with van der Waals surface area (Å²) in [4.78, 5) is 30.9. The van der Waals surface area contributed by atoms with E-state index in [9.17, 15) is 14.7 Å². The average Bonchev–Trinajstić information content (AvgIpc) is 2.94. The maximum absolute atomic E-state index is 12.4. The molecule has 1 N–H and O–H groups in total. The number of hydrogen-bond acceptors (Lipinski definition) is 5. The minimum Gasteiger partial charge on any atom is -0.479 e. The number of fused-ring (bicyclic) bond motifs is 1. The molecule has 0 spiro atoms. The molecule has 3 heterocycles. The van der Waals surface area contributed by atoms with Gasteiger partial charge in [0.2, 0.25) is 0 Å². The van der Waals surface area contributed by atoms with Crippen molar-refractivity contribution in [2.45, 2.75) is 25.9 Å². The van der Waals surface area contributed by atoms with E-state index < -0.39 is 12.0 Å². The molecule has 0 bridgehead atoms. The second-order valence-electron chi connectivity index (χ2n) is 4.83. The number of carboxylic acid groups (broad SMARTS) is 1. The van der Waals surface area contributed by atoms with E-state index in [1.54, 1.807) is 28.6 Å². The Morgan fingerprint density at radius 3 is 3.10 bits per heavy atom. The van der Waals surface area contributed by atoms with Crippen molar-refractivity contribution in [3.63, 3.8) is 0 Å². The van der Waals surface area contributed by atoms with Crippen molar-refractivity contribution in [1.82, 2.24) is 9.55 Å². The highest BCUT2D eigenvalue weighted by Crippen LogP contribution is 2.34. The van der Waals surface area contributed by atoms with Crippen LogP contribution in [-0.4, -0.2) is 27.2 Å². The highest BCUT2D eigenvalue weighted by atomic mass is 32.1. The Balaban J connectivity index is 2.11. The van der Waals surface area contributed by atoms with E-state index >= 15 is 0 Å². The summed E-state index contributed by atoms with van der Waals surface area (Å²) in [5.74, 6) is -0.744. The minimum absolute atomic E-state index is 0.212. The Morgan fingerprint density at radius 1 is 1.57 bits per heavy atom. The van der Waals surface area contributed by atoms with E-state index in [-0.39, 0.29) is 11.4 Å². The summed E-state index contributed by atoms with van der Waals surface area (Å²) >= 11 is 1.56. The van der Waals surface area contributed by atoms with Crippen LogP contribution in [0.3, 0.4) is 0 Å². The van der Waals surface area contributed by atoms with Crippen LogP contribution in [0.15, 0.2) is 28.6 Å². The van der Waals surface area contributed by atoms with Gasteiger partial charge in [0.05, 0.1) is 0 Å². The highest BCUT2D eigenvalue weighted by molar-refractivity contribution is 7.10. The summed E-state index contributed by atoms with van der Waals surface area (Å²) in [5.41, 5.74) is 0.525. The molecule has 7 heteroatoms. The van der Waals surface area contributed by atoms with Crippen LogP contribution in [0.25, 0.3) is 0 Å². The van der Waals surface area contributed by atoms with Gasteiger partial charge < -0.3 is 14.6 Å². The number of thiophene rings is 1. The average molecular weight is 305 g/mol. The molecule has 1 atom stereocenters. The molecule has 0 aromatic carbocycles. The molecule has 0 aliphatic carbocycles. The van der Waals surface area contributed by atoms with Crippen LogP contribution >= 0.6 is 11.3 Å². The van der Waals surface area contributed by atoms with Crippen LogP contribution < -0.4 is 10.5 Å². The third kappa shape index (κ3) is 2.23. The topological polar surface area (TPSA) is 75.4 Å². The molecule has 1 aliphatic heterocycles. The number of aliphatic carboxylic acids is 1. The zero-order valence-electron chi connectivity index (χ0n) is 11.5. The van der Waals surface area contributed by atoms with Crippen LogP contribution in [0, 0.1) is 0 Å². The fourth-order valence-corrected chi connectivity index (χ4v) is 3.60. The van der Waals surface area contributed by atoms with Gasteiger partial charge in [-0.1, -0.05) is 0 Å². The third-order valence-corrected chi connectivity index (χ3v) is 4.70. The van der Waals surface area contributed by atoms with Gasteiger partial charge in [-0.15, -0.1) is 11.3 Å². The first kappa shape index (κ1) is 13.8. The van der Waals surface area contributed by atoms with Crippen LogP contribution in [-0.2, 0) is 17.8 Å².